The standard InChI is InChI=1S/C28H28O5/c1-32-24-15-19(13-20(16-24)17-29)14-23-9-8-21-10-12-26(33-2)25(27(21)23)11-5-18-3-6-22(7-4-18)28(30)31/h3-4,6-7,9-10,12-13,15-16,29H,5,8,11,14,17H2,1-2H3,(H,30,31). The van der Waals surface area contributed by atoms with Gasteiger partial charge < -0.3 is 19.7 Å². The Labute approximate surface area is 193 Å². The highest BCUT2D eigenvalue weighted by Crippen LogP contribution is 2.38. The van der Waals surface area contributed by atoms with Crippen LogP contribution in [-0.2, 0) is 32.3 Å². The third-order valence-electron chi connectivity index (χ3n) is 6.17. The van der Waals surface area contributed by atoms with Crippen molar-refractivity contribution in [2.75, 3.05) is 14.2 Å². The lowest BCUT2D eigenvalue weighted by Gasteiger charge is -2.17. The van der Waals surface area contributed by atoms with Crippen LogP contribution in [0.5, 0.6) is 11.5 Å². The fourth-order valence-electron chi connectivity index (χ4n) is 4.53. The van der Waals surface area contributed by atoms with Crippen LogP contribution < -0.4 is 9.47 Å². The topological polar surface area (TPSA) is 76.0 Å². The maximum atomic E-state index is 11.1. The second-order valence-corrected chi connectivity index (χ2v) is 8.24. The van der Waals surface area contributed by atoms with Crippen LogP contribution in [-0.4, -0.2) is 30.4 Å². The van der Waals surface area contributed by atoms with Crippen molar-refractivity contribution in [1.29, 1.82) is 0 Å². The molecule has 0 saturated carbocycles. The van der Waals surface area contributed by atoms with Gasteiger partial charge >= 0.3 is 5.97 Å². The quantitative estimate of drug-likeness (QED) is 0.493. The zero-order valence-corrected chi connectivity index (χ0v) is 18.9. The summed E-state index contributed by atoms with van der Waals surface area (Å²) in [5.74, 6) is 0.692. The predicted molar refractivity (Wildman–Crippen MR) is 128 cm³/mol. The molecule has 0 amide bonds. The van der Waals surface area contributed by atoms with Gasteiger partial charge in [-0.1, -0.05) is 30.3 Å². The first-order valence-corrected chi connectivity index (χ1v) is 11.0. The summed E-state index contributed by atoms with van der Waals surface area (Å²) in [6.07, 6.45) is 5.47. The number of aryl methyl sites for hydroxylation is 1. The van der Waals surface area contributed by atoms with Crippen LogP contribution in [0.15, 0.2) is 60.7 Å². The van der Waals surface area contributed by atoms with Gasteiger partial charge in [-0.05, 0) is 89.4 Å². The molecular formula is C28H28O5. The largest absolute Gasteiger partial charge is 0.497 e. The number of aliphatic hydroxyl groups is 1. The third kappa shape index (κ3) is 4.94. The lowest BCUT2D eigenvalue weighted by molar-refractivity contribution is 0.0697. The summed E-state index contributed by atoms with van der Waals surface area (Å²) in [6.45, 7) is -0.0282. The van der Waals surface area contributed by atoms with Gasteiger partial charge in [0.05, 0.1) is 26.4 Å². The van der Waals surface area contributed by atoms with Crippen molar-refractivity contribution in [2.24, 2.45) is 0 Å². The van der Waals surface area contributed by atoms with Crippen molar-refractivity contribution in [3.8, 4) is 11.5 Å². The summed E-state index contributed by atoms with van der Waals surface area (Å²) in [6, 6.07) is 17.1. The average molecular weight is 445 g/mol. The maximum Gasteiger partial charge on any atom is 0.335 e. The molecule has 0 saturated heterocycles. The van der Waals surface area contributed by atoms with Crippen molar-refractivity contribution in [3.63, 3.8) is 0 Å². The van der Waals surface area contributed by atoms with Gasteiger partial charge in [0.15, 0.2) is 0 Å². The summed E-state index contributed by atoms with van der Waals surface area (Å²) < 4.78 is 11.1. The van der Waals surface area contributed by atoms with Crippen LogP contribution in [0.2, 0.25) is 0 Å². The van der Waals surface area contributed by atoms with E-state index in [1.165, 1.54) is 22.3 Å². The van der Waals surface area contributed by atoms with E-state index in [2.05, 4.69) is 12.1 Å². The molecule has 0 heterocycles. The second-order valence-electron chi connectivity index (χ2n) is 8.24. The van der Waals surface area contributed by atoms with Gasteiger partial charge in [0.1, 0.15) is 11.5 Å². The zero-order chi connectivity index (χ0) is 23.4. The van der Waals surface area contributed by atoms with Gasteiger partial charge in [0.25, 0.3) is 0 Å². The number of hydrogen-bond donors (Lipinski definition) is 2. The molecule has 0 bridgehead atoms. The first kappa shape index (κ1) is 22.6. The first-order valence-electron chi connectivity index (χ1n) is 11.0. The molecule has 0 aliphatic heterocycles. The smallest absolute Gasteiger partial charge is 0.335 e. The Bertz CT molecular complexity index is 1170. The van der Waals surface area contributed by atoms with E-state index in [4.69, 9.17) is 14.6 Å². The maximum absolute atomic E-state index is 11.1. The summed E-state index contributed by atoms with van der Waals surface area (Å²) >= 11 is 0. The van der Waals surface area contributed by atoms with Gasteiger partial charge in [-0.3, -0.25) is 0 Å². The number of carboxylic acids is 1. The molecule has 0 spiro atoms. The van der Waals surface area contributed by atoms with Crippen LogP contribution in [0.1, 0.15) is 43.7 Å². The van der Waals surface area contributed by atoms with Crippen molar-refractivity contribution < 1.29 is 24.5 Å². The number of rotatable bonds is 9. The molecule has 1 aliphatic rings. The Morgan fingerprint density at radius 2 is 1.67 bits per heavy atom. The number of fused-ring (bicyclic) bond motifs is 1. The minimum Gasteiger partial charge on any atom is -0.497 e. The van der Waals surface area contributed by atoms with E-state index in [1.807, 2.05) is 36.4 Å². The number of ether oxygens (including phenoxy) is 2. The van der Waals surface area contributed by atoms with Crippen molar-refractivity contribution >= 4 is 11.5 Å². The number of benzene rings is 3. The molecule has 0 unspecified atom stereocenters. The van der Waals surface area contributed by atoms with Gasteiger partial charge in [-0.25, -0.2) is 4.79 Å². The Morgan fingerprint density at radius 3 is 2.33 bits per heavy atom. The van der Waals surface area contributed by atoms with E-state index in [1.54, 1.807) is 26.4 Å². The number of aromatic carboxylic acids is 1. The van der Waals surface area contributed by atoms with Crippen molar-refractivity contribution in [3.05, 3.63) is 99.6 Å². The molecule has 2 N–H and O–H groups in total. The summed E-state index contributed by atoms with van der Waals surface area (Å²) in [5, 5.41) is 18.7. The van der Waals surface area contributed by atoms with E-state index in [9.17, 15) is 9.90 Å². The summed E-state index contributed by atoms with van der Waals surface area (Å²) in [4.78, 5) is 11.1. The molecular weight excluding hydrogens is 416 g/mol. The van der Waals surface area contributed by atoms with Crippen LogP contribution >= 0.6 is 0 Å². The number of carboxylic acid groups (broad SMARTS) is 1. The van der Waals surface area contributed by atoms with E-state index in [-0.39, 0.29) is 6.61 Å². The number of methoxy groups -OCH3 is 2. The predicted octanol–water partition coefficient (Wildman–Crippen LogP) is 4.86. The fourth-order valence-corrected chi connectivity index (χ4v) is 4.53. The number of hydrogen-bond acceptors (Lipinski definition) is 4. The van der Waals surface area contributed by atoms with Gasteiger partial charge in [0.2, 0.25) is 0 Å². The molecule has 4 rings (SSSR count). The lowest BCUT2D eigenvalue weighted by Crippen LogP contribution is -2.03. The summed E-state index contributed by atoms with van der Waals surface area (Å²) in [5.41, 5.74) is 8.25. The molecule has 0 aromatic heterocycles. The van der Waals surface area contributed by atoms with Crippen LogP contribution in [0.4, 0.5) is 0 Å². The molecule has 1 aliphatic carbocycles. The average Bonchev–Trinajstić information content (AvgIpc) is 3.25. The van der Waals surface area contributed by atoms with Crippen LogP contribution in [0.25, 0.3) is 5.57 Å². The monoisotopic (exact) mass is 444 g/mol. The summed E-state index contributed by atoms with van der Waals surface area (Å²) in [7, 11) is 3.33. The van der Waals surface area contributed by atoms with Crippen LogP contribution in [0, 0.1) is 0 Å². The molecule has 170 valence electrons. The highest BCUT2D eigenvalue weighted by Gasteiger charge is 2.22. The minimum atomic E-state index is -0.916. The second kappa shape index (κ2) is 9.92. The molecule has 0 radical (unpaired) electrons. The van der Waals surface area contributed by atoms with Crippen molar-refractivity contribution in [2.45, 2.75) is 32.3 Å². The molecule has 0 fully saturated rings. The van der Waals surface area contributed by atoms with Crippen molar-refractivity contribution in [1.82, 2.24) is 0 Å². The van der Waals surface area contributed by atoms with Gasteiger partial charge in [-0.2, -0.15) is 0 Å². The zero-order valence-electron chi connectivity index (χ0n) is 18.9. The fraction of sp³-hybridized carbons (Fsp3) is 0.250. The van der Waals surface area contributed by atoms with E-state index >= 15 is 0 Å². The number of allylic oxidation sites excluding steroid dienone is 2. The molecule has 3 aromatic rings. The molecule has 5 heteroatoms. The Kier molecular flexibility index (Phi) is 6.80. The molecule has 3 aromatic carbocycles. The van der Waals surface area contributed by atoms with Gasteiger partial charge in [-0.15, -0.1) is 0 Å². The molecule has 5 nitrogen and oxygen atoms in total. The number of aliphatic hydroxyl groups excluding tert-OH is 1. The third-order valence-corrected chi connectivity index (χ3v) is 6.17. The van der Waals surface area contributed by atoms with Crippen LogP contribution in [0.3, 0.4) is 0 Å². The molecule has 33 heavy (non-hydrogen) atoms. The van der Waals surface area contributed by atoms with E-state index < -0.39 is 5.97 Å². The Hall–Kier alpha value is -3.57. The minimum absolute atomic E-state index is 0.0282. The normalized spacial score (nSPS) is 12.3. The number of carbonyl (C=O) groups is 1. The highest BCUT2D eigenvalue weighted by molar-refractivity contribution is 5.87. The molecule has 0 atom stereocenters. The Balaban J connectivity index is 1.62. The lowest BCUT2D eigenvalue weighted by atomic mass is 9.90. The SMILES string of the molecule is COc1cc(CO)cc(CC2=CCc3ccc(OC)c(CCc4ccc(C(=O)O)cc4)c32)c1. The van der Waals surface area contributed by atoms with E-state index in [0.29, 0.717) is 5.56 Å². The first-order chi connectivity index (χ1) is 16.0. The highest BCUT2D eigenvalue weighted by atomic mass is 16.5. The van der Waals surface area contributed by atoms with E-state index in [0.717, 1.165) is 53.9 Å². The van der Waals surface area contributed by atoms with Gasteiger partial charge in [0, 0.05) is 5.56 Å². The Morgan fingerprint density at radius 1 is 0.909 bits per heavy atom.